The molecule has 0 spiro atoms. The first-order valence-electron chi connectivity index (χ1n) is 7.55. The molecule has 122 valence electrons. The molecule has 0 bridgehead atoms. The zero-order valence-electron chi connectivity index (χ0n) is 13.1. The zero-order chi connectivity index (χ0) is 16.7. The van der Waals surface area contributed by atoms with E-state index in [1.165, 1.54) is 12.1 Å². The van der Waals surface area contributed by atoms with Gasteiger partial charge < -0.3 is 15.8 Å². The number of nitrogens with one attached hydrogen (secondary N) is 1. The minimum atomic E-state index is -0.343. The quantitative estimate of drug-likeness (QED) is 0.825. The minimum Gasteiger partial charge on any atom is -0.489 e. The molecule has 3 N–H and O–H groups in total. The number of carbonyl (C=O) groups is 1. The van der Waals surface area contributed by atoms with Crippen LogP contribution in [0, 0.1) is 5.82 Å². The molecule has 4 nitrogen and oxygen atoms in total. The molecular formula is C18H21FN2O2. The van der Waals surface area contributed by atoms with Crippen molar-refractivity contribution in [3.05, 3.63) is 65.5 Å². The summed E-state index contributed by atoms with van der Waals surface area (Å²) in [6.45, 7) is 2.71. The molecule has 0 aliphatic heterocycles. The molecule has 23 heavy (non-hydrogen) atoms. The number of benzene rings is 2. The third kappa shape index (κ3) is 5.71. The number of halogens is 1. The van der Waals surface area contributed by atoms with E-state index >= 15 is 0 Å². The van der Waals surface area contributed by atoms with Gasteiger partial charge >= 0.3 is 0 Å². The highest BCUT2D eigenvalue weighted by molar-refractivity contribution is 5.94. The third-order valence-electron chi connectivity index (χ3n) is 3.28. The van der Waals surface area contributed by atoms with Crippen LogP contribution in [0.25, 0.3) is 0 Å². The number of amides is 1. The molecule has 2 aromatic carbocycles. The van der Waals surface area contributed by atoms with Crippen molar-refractivity contribution in [3.8, 4) is 5.75 Å². The minimum absolute atomic E-state index is 0.0568. The van der Waals surface area contributed by atoms with Crippen LogP contribution < -0.4 is 15.8 Å². The van der Waals surface area contributed by atoms with Crippen molar-refractivity contribution in [1.29, 1.82) is 0 Å². The van der Waals surface area contributed by atoms with Crippen molar-refractivity contribution in [3.63, 3.8) is 0 Å². The van der Waals surface area contributed by atoms with Crippen LogP contribution in [-0.4, -0.2) is 18.5 Å². The van der Waals surface area contributed by atoms with Gasteiger partial charge in [0.1, 0.15) is 18.2 Å². The van der Waals surface area contributed by atoms with Gasteiger partial charge in [-0.1, -0.05) is 18.2 Å². The molecular weight excluding hydrogens is 295 g/mol. The highest BCUT2D eigenvalue weighted by atomic mass is 19.1. The van der Waals surface area contributed by atoms with Crippen LogP contribution in [-0.2, 0) is 6.61 Å². The van der Waals surface area contributed by atoms with Crippen LogP contribution in [0.5, 0.6) is 5.75 Å². The lowest BCUT2D eigenvalue weighted by molar-refractivity contribution is 0.0952. The molecule has 1 amide bonds. The van der Waals surface area contributed by atoms with Gasteiger partial charge in [0, 0.05) is 24.2 Å². The zero-order valence-corrected chi connectivity index (χ0v) is 13.1. The maximum absolute atomic E-state index is 13.1. The molecule has 0 fully saturated rings. The molecule has 0 heterocycles. The first kappa shape index (κ1) is 17.0. The Kier molecular flexibility index (Phi) is 6.11. The van der Waals surface area contributed by atoms with Gasteiger partial charge in [-0.05, 0) is 43.2 Å². The lowest BCUT2D eigenvalue weighted by Crippen LogP contribution is -2.29. The van der Waals surface area contributed by atoms with E-state index < -0.39 is 0 Å². The molecule has 1 atom stereocenters. The number of ether oxygens (including phenoxy) is 1. The summed E-state index contributed by atoms with van der Waals surface area (Å²) < 4.78 is 18.6. The van der Waals surface area contributed by atoms with Gasteiger partial charge in [0.15, 0.2) is 0 Å². The van der Waals surface area contributed by atoms with E-state index in [-0.39, 0.29) is 24.4 Å². The van der Waals surface area contributed by atoms with Crippen molar-refractivity contribution in [2.24, 2.45) is 5.73 Å². The molecule has 0 radical (unpaired) electrons. The predicted octanol–water partition coefficient (Wildman–Crippen LogP) is 2.87. The number of carbonyl (C=O) groups excluding carboxylic acids is 1. The standard InChI is InChI=1S/C18H21FN2O2/c1-13(20)8-9-21-18(22)15-5-2-4-14(10-15)12-23-17-7-3-6-16(19)11-17/h2-7,10-11,13H,8-9,12,20H2,1H3,(H,21,22). The van der Waals surface area contributed by atoms with E-state index in [2.05, 4.69) is 5.32 Å². The van der Waals surface area contributed by atoms with Crippen molar-refractivity contribution in [2.75, 3.05) is 6.54 Å². The lowest BCUT2D eigenvalue weighted by Gasteiger charge is -2.09. The Labute approximate surface area is 135 Å². The van der Waals surface area contributed by atoms with Crippen molar-refractivity contribution in [1.82, 2.24) is 5.32 Å². The van der Waals surface area contributed by atoms with Crippen LogP contribution in [0.2, 0.25) is 0 Å². The van der Waals surface area contributed by atoms with Gasteiger partial charge in [0.25, 0.3) is 5.91 Å². The van der Waals surface area contributed by atoms with Crippen LogP contribution in [0.1, 0.15) is 29.3 Å². The maximum atomic E-state index is 13.1. The molecule has 5 heteroatoms. The van der Waals surface area contributed by atoms with Crippen molar-refractivity contribution < 1.29 is 13.9 Å². The summed E-state index contributed by atoms with van der Waals surface area (Å²) in [6.07, 6.45) is 0.730. The summed E-state index contributed by atoms with van der Waals surface area (Å²) in [7, 11) is 0. The second-order valence-electron chi connectivity index (χ2n) is 5.47. The molecule has 0 aliphatic carbocycles. The van der Waals surface area contributed by atoms with Crippen molar-refractivity contribution >= 4 is 5.91 Å². The normalized spacial score (nSPS) is 11.8. The van der Waals surface area contributed by atoms with Gasteiger partial charge in [-0.2, -0.15) is 0 Å². The van der Waals surface area contributed by atoms with Crippen LogP contribution in [0.4, 0.5) is 4.39 Å². The molecule has 0 aromatic heterocycles. The Morgan fingerprint density at radius 2 is 2.04 bits per heavy atom. The van der Waals surface area contributed by atoms with E-state index in [1.807, 2.05) is 13.0 Å². The lowest BCUT2D eigenvalue weighted by atomic mass is 10.1. The smallest absolute Gasteiger partial charge is 0.251 e. The first-order chi connectivity index (χ1) is 11.0. The summed E-state index contributed by atoms with van der Waals surface area (Å²) >= 11 is 0. The second kappa shape index (κ2) is 8.29. The van der Waals surface area contributed by atoms with Gasteiger partial charge in [-0.15, -0.1) is 0 Å². The monoisotopic (exact) mass is 316 g/mol. The number of rotatable bonds is 7. The fraction of sp³-hybridized carbons (Fsp3) is 0.278. The van der Waals surface area contributed by atoms with E-state index in [0.717, 1.165) is 12.0 Å². The largest absolute Gasteiger partial charge is 0.489 e. The second-order valence-corrected chi connectivity index (χ2v) is 5.47. The van der Waals surface area contributed by atoms with E-state index in [0.29, 0.717) is 17.9 Å². The summed E-state index contributed by atoms with van der Waals surface area (Å²) in [4.78, 5) is 12.1. The number of hydrogen-bond donors (Lipinski definition) is 2. The Morgan fingerprint density at radius 1 is 1.26 bits per heavy atom. The molecule has 2 aromatic rings. The number of nitrogens with two attached hydrogens (primary N) is 1. The summed E-state index contributed by atoms with van der Waals surface area (Å²) in [6, 6.07) is 13.2. The molecule has 0 saturated heterocycles. The third-order valence-corrected chi connectivity index (χ3v) is 3.28. The Morgan fingerprint density at radius 3 is 2.78 bits per heavy atom. The Bertz CT molecular complexity index is 659. The van der Waals surface area contributed by atoms with Gasteiger partial charge in [-0.3, -0.25) is 4.79 Å². The highest BCUT2D eigenvalue weighted by Gasteiger charge is 2.07. The summed E-state index contributed by atoms with van der Waals surface area (Å²) in [5.74, 6) is -0.0280. The van der Waals surface area contributed by atoms with E-state index in [4.69, 9.17) is 10.5 Å². The van der Waals surface area contributed by atoms with Crippen LogP contribution in [0.15, 0.2) is 48.5 Å². The van der Waals surface area contributed by atoms with E-state index in [9.17, 15) is 9.18 Å². The van der Waals surface area contributed by atoms with Crippen molar-refractivity contribution in [2.45, 2.75) is 26.0 Å². The fourth-order valence-electron chi connectivity index (χ4n) is 2.04. The number of hydrogen-bond acceptors (Lipinski definition) is 3. The summed E-state index contributed by atoms with van der Waals surface area (Å²) in [5, 5.41) is 2.83. The molecule has 0 aliphatic rings. The first-order valence-corrected chi connectivity index (χ1v) is 7.55. The van der Waals surface area contributed by atoms with Gasteiger partial charge in [0.2, 0.25) is 0 Å². The van der Waals surface area contributed by atoms with Gasteiger partial charge in [-0.25, -0.2) is 4.39 Å². The average Bonchev–Trinajstić information content (AvgIpc) is 2.53. The topological polar surface area (TPSA) is 64.3 Å². The SMILES string of the molecule is CC(N)CCNC(=O)c1cccc(COc2cccc(F)c2)c1. The van der Waals surface area contributed by atoms with Gasteiger partial charge in [0.05, 0.1) is 0 Å². The Hall–Kier alpha value is -2.40. The average molecular weight is 316 g/mol. The predicted molar refractivity (Wildman–Crippen MR) is 87.8 cm³/mol. The molecule has 0 saturated carbocycles. The van der Waals surface area contributed by atoms with E-state index in [1.54, 1.807) is 30.3 Å². The van der Waals surface area contributed by atoms with Crippen LogP contribution in [0.3, 0.4) is 0 Å². The fourth-order valence-corrected chi connectivity index (χ4v) is 2.04. The Balaban J connectivity index is 1.92. The summed E-state index contributed by atoms with van der Waals surface area (Å²) in [5.41, 5.74) is 7.06. The highest BCUT2D eigenvalue weighted by Crippen LogP contribution is 2.15. The van der Waals surface area contributed by atoms with Crippen LogP contribution >= 0.6 is 0 Å². The maximum Gasteiger partial charge on any atom is 0.251 e. The molecule has 2 rings (SSSR count). The molecule has 1 unspecified atom stereocenters.